The quantitative estimate of drug-likeness (QED) is 0.121. The zero-order chi connectivity index (χ0) is 30.2. The number of urea groups is 1. The molecule has 0 atom stereocenters. The lowest BCUT2D eigenvalue weighted by Gasteiger charge is -2.27. The Morgan fingerprint density at radius 2 is 1.76 bits per heavy atom. The van der Waals surface area contributed by atoms with Crippen LogP contribution in [-0.4, -0.2) is 34.3 Å². The molecule has 0 saturated heterocycles. The minimum atomic E-state index is -0.362. The van der Waals surface area contributed by atoms with Crippen LogP contribution in [0.5, 0.6) is 0 Å². The number of aromatic amines is 1. The standard InChI is InChI=1S/C35H42N4O3/c1-6-7-8-17-39(31-22-27-15-10-16-36-33(27)38-34(31)41)35(42)37-32-29(23(2)3)20-28(21-30(32)24(4)5)26-14-9-12-25(19-26)13-11-18-40/h6,9-10,12,14-16,19-24,40H,1,7-8,11,13,17-18H2,2-5H3,(H,37,42)(H,36,38,41). The predicted molar refractivity (Wildman–Crippen MR) is 174 cm³/mol. The number of H-pyrrole nitrogens is 1. The third-order valence-electron chi connectivity index (χ3n) is 7.48. The molecule has 0 unspecified atom stereocenters. The van der Waals surface area contributed by atoms with Crippen molar-refractivity contribution in [3.63, 3.8) is 0 Å². The number of anilines is 2. The molecule has 4 rings (SSSR count). The first-order valence-corrected chi connectivity index (χ1v) is 14.8. The molecule has 2 aromatic carbocycles. The van der Waals surface area contributed by atoms with Crippen LogP contribution in [-0.2, 0) is 6.42 Å². The normalized spacial score (nSPS) is 11.3. The second-order valence-electron chi connectivity index (χ2n) is 11.3. The van der Waals surface area contributed by atoms with Crippen molar-refractivity contribution in [1.82, 2.24) is 9.97 Å². The molecule has 7 nitrogen and oxygen atoms in total. The van der Waals surface area contributed by atoms with Crippen LogP contribution < -0.4 is 15.8 Å². The number of aryl methyl sites for hydroxylation is 1. The number of hydrogen-bond donors (Lipinski definition) is 3. The van der Waals surface area contributed by atoms with E-state index in [0.29, 0.717) is 18.6 Å². The molecule has 220 valence electrons. The number of benzene rings is 2. The highest BCUT2D eigenvalue weighted by Gasteiger charge is 2.24. The second-order valence-corrected chi connectivity index (χ2v) is 11.3. The summed E-state index contributed by atoms with van der Waals surface area (Å²) in [5.74, 6) is 0.277. The number of carbonyl (C=O) groups excluding carboxylic acids is 1. The van der Waals surface area contributed by atoms with Crippen LogP contribution in [0.2, 0.25) is 0 Å². The number of nitrogens with one attached hydrogen (secondary N) is 2. The lowest BCUT2D eigenvalue weighted by molar-refractivity contribution is 0.256. The topological polar surface area (TPSA) is 98.3 Å². The fourth-order valence-corrected chi connectivity index (χ4v) is 5.22. The van der Waals surface area contributed by atoms with Gasteiger partial charge in [0, 0.05) is 30.4 Å². The Hall–Kier alpha value is -4.23. The monoisotopic (exact) mass is 566 g/mol. The van der Waals surface area contributed by atoms with Gasteiger partial charge in [-0.05, 0) is 95.7 Å². The lowest BCUT2D eigenvalue weighted by Crippen LogP contribution is -2.39. The van der Waals surface area contributed by atoms with E-state index < -0.39 is 0 Å². The number of allylic oxidation sites excluding steroid dienone is 1. The van der Waals surface area contributed by atoms with Gasteiger partial charge in [-0.1, -0.05) is 58.0 Å². The predicted octanol–water partition coefficient (Wildman–Crippen LogP) is 7.77. The minimum Gasteiger partial charge on any atom is -0.396 e. The Kier molecular flexibility index (Phi) is 10.3. The number of hydrogen-bond acceptors (Lipinski definition) is 4. The third kappa shape index (κ3) is 7.15. The maximum absolute atomic E-state index is 14.0. The molecule has 7 heteroatoms. The summed E-state index contributed by atoms with van der Waals surface area (Å²) in [5, 5.41) is 13.3. The van der Waals surface area contributed by atoms with E-state index in [4.69, 9.17) is 0 Å². The lowest BCUT2D eigenvalue weighted by atomic mass is 9.88. The molecule has 0 bridgehead atoms. The van der Waals surface area contributed by atoms with Crippen molar-refractivity contribution < 1.29 is 9.90 Å². The Bertz CT molecular complexity index is 1580. The summed E-state index contributed by atoms with van der Waals surface area (Å²) in [6.45, 7) is 12.8. The van der Waals surface area contributed by atoms with Crippen LogP contribution in [0, 0.1) is 0 Å². The van der Waals surface area contributed by atoms with Gasteiger partial charge in [-0.3, -0.25) is 9.69 Å². The van der Waals surface area contributed by atoms with Crippen molar-refractivity contribution in [2.24, 2.45) is 0 Å². The smallest absolute Gasteiger partial charge is 0.326 e. The van der Waals surface area contributed by atoms with E-state index in [1.807, 2.05) is 12.1 Å². The number of nitrogens with zero attached hydrogens (tertiary/aromatic N) is 2. The number of unbranched alkanes of at least 4 members (excludes halogenated alkanes) is 1. The molecule has 2 heterocycles. The Balaban J connectivity index is 1.77. The maximum atomic E-state index is 14.0. The number of aromatic nitrogens is 2. The highest BCUT2D eigenvalue weighted by Crippen LogP contribution is 2.38. The van der Waals surface area contributed by atoms with E-state index in [9.17, 15) is 14.7 Å². The number of aliphatic hydroxyl groups is 1. The van der Waals surface area contributed by atoms with Gasteiger partial charge in [-0.25, -0.2) is 9.78 Å². The number of carbonyl (C=O) groups is 1. The molecule has 0 spiro atoms. The van der Waals surface area contributed by atoms with Gasteiger partial charge >= 0.3 is 6.03 Å². The van der Waals surface area contributed by atoms with Gasteiger partial charge in [0.2, 0.25) is 0 Å². The van der Waals surface area contributed by atoms with Crippen LogP contribution in [0.4, 0.5) is 16.2 Å². The average Bonchev–Trinajstić information content (AvgIpc) is 2.98. The first kappa shape index (κ1) is 30.7. The number of aliphatic hydroxyl groups excluding tert-OH is 1. The fraction of sp³-hybridized carbons (Fsp3) is 0.343. The summed E-state index contributed by atoms with van der Waals surface area (Å²) in [6.07, 6.45) is 6.37. The van der Waals surface area contributed by atoms with Gasteiger partial charge in [0.05, 0.1) is 0 Å². The zero-order valence-corrected chi connectivity index (χ0v) is 25.1. The molecule has 2 aromatic heterocycles. The first-order chi connectivity index (χ1) is 20.2. The molecule has 0 radical (unpaired) electrons. The second kappa shape index (κ2) is 14.1. The van der Waals surface area contributed by atoms with Crippen molar-refractivity contribution in [3.05, 3.63) is 100 Å². The van der Waals surface area contributed by atoms with Crippen LogP contribution in [0.25, 0.3) is 22.2 Å². The summed E-state index contributed by atoms with van der Waals surface area (Å²) in [5.41, 5.74) is 6.64. The number of pyridine rings is 2. The van der Waals surface area contributed by atoms with E-state index in [-0.39, 0.29) is 35.7 Å². The van der Waals surface area contributed by atoms with Crippen molar-refractivity contribution in [1.29, 1.82) is 0 Å². The van der Waals surface area contributed by atoms with Gasteiger partial charge in [0.25, 0.3) is 5.56 Å². The van der Waals surface area contributed by atoms with E-state index >= 15 is 0 Å². The van der Waals surface area contributed by atoms with Gasteiger partial charge in [0.1, 0.15) is 11.3 Å². The van der Waals surface area contributed by atoms with Crippen molar-refractivity contribution in [2.75, 3.05) is 23.4 Å². The molecule has 3 N–H and O–H groups in total. The summed E-state index contributed by atoms with van der Waals surface area (Å²) < 4.78 is 0. The molecule has 0 saturated carbocycles. The summed E-state index contributed by atoms with van der Waals surface area (Å²) in [6, 6.07) is 17.8. The van der Waals surface area contributed by atoms with Gasteiger partial charge in [-0.2, -0.15) is 0 Å². The Morgan fingerprint density at radius 1 is 1.02 bits per heavy atom. The Labute approximate surface area is 248 Å². The maximum Gasteiger partial charge on any atom is 0.326 e. The third-order valence-corrected chi connectivity index (χ3v) is 7.48. The minimum absolute atomic E-state index is 0.139. The molecule has 0 aliphatic rings. The van der Waals surface area contributed by atoms with E-state index in [2.05, 4.69) is 86.0 Å². The van der Waals surface area contributed by atoms with E-state index in [1.165, 1.54) is 10.5 Å². The van der Waals surface area contributed by atoms with Crippen LogP contribution in [0.1, 0.15) is 75.5 Å². The molecule has 0 aliphatic heterocycles. The highest BCUT2D eigenvalue weighted by atomic mass is 16.3. The highest BCUT2D eigenvalue weighted by molar-refractivity contribution is 6.03. The van der Waals surface area contributed by atoms with Crippen molar-refractivity contribution in [2.45, 2.75) is 65.2 Å². The summed E-state index contributed by atoms with van der Waals surface area (Å²) in [4.78, 5) is 35.8. The van der Waals surface area contributed by atoms with Crippen LogP contribution in [0.3, 0.4) is 0 Å². The van der Waals surface area contributed by atoms with Gasteiger partial charge in [0.15, 0.2) is 0 Å². The molecule has 0 aliphatic carbocycles. The zero-order valence-electron chi connectivity index (χ0n) is 25.1. The number of fused-ring (bicyclic) bond motifs is 1. The van der Waals surface area contributed by atoms with Crippen LogP contribution >= 0.6 is 0 Å². The largest absolute Gasteiger partial charge is 0.396 e. The van der Waals surface area contributed by atoms with Crippen molar-refractivity contribution >= 4 is 28.4 Å². The number of amides is 2. The Morgan fingerprint density at radius 3 is 2.43 bits per heavy atom. The van der Waals surface area contributed by atoms with E-state index in [1.54, 1.807) is 18.3 Å². The number of rotatable bonds is 12. The van der Waals surface area contributed by atoms with Crippen molar-refractivity contribution in [3.8, 4) is 11.1 Å². The molecule has 0 fully saturated rings. The summed E-state index contributed by atoms with van der Waals surface area (Å²) >= 11 is 0. The molecule has 2 amide bonds. The molecular formula is C35H42N4O3. The fourth-order valence-electron chi connectivity index (χ4n) is 5.22. The average molecular weight is 567 g/mol. The van der Waals surface area contributed by atoms with Gasteiger partial charge < -0.3 is 15.4 Å². The molecule has 42 heavy (non-hydrogen) atoms. The van der Waals surface area contributed by atoms with Crippen LogP contribution in [0.15, 0.2) is 78.2 Å². The van der Waals surface area contributed by atoms with E-state index in [0.717, 1.165) is 52.6 Å². The SMILES string of the molecule is C=CCCCN(C(=O)Nc1c(C(C)C)cc(-c2cccc(CCCO)c2)cc1C(C)C)c1cc2cccnc2[nH]c1=O. The molecular weight excluding hydrogens is 524 g/mol. The first-order valence-electron chi connectivity index (χ1n) is 14.8. The molecule has 4 aromatic rings. The summed E-state index contributed by atoms with van der Waals surface area (Å²) in [7, 11) is 0. The van der Waals surface area contributed by atoms with Gasteiger partial charge in [-0.15, -0.1) is 6.58 Å².